The summed E-state index contributed by atoms with van der Waals surface area (Å²) < 4.78 is 0. The molecule has 0 amide bonds. The third-order valence-corrected chi connectivity index (χ3v) is 2.60. The first-order chi connectivity index (χ1) is 8.24. The Morgan fingerprint density at radius 3 is 2.71 bits per heavy atom. The van der Waals surface area contributed by atoms with Gasteiger partial charge in [0.1, 0.15) is 0 Å². The Hall–Kier alpha value is -1.75. The number of hydrogen-bond acceptors (Lipinski definition) is 4. The maximum atomic E-state index is 8.87. The number of benzene rings is 1. The van der Waals surface area contributed by atoms with Gasteiger partial charge >= 0.3 is 0 Å². The smallest absolute Gasteiger partial charge is 0.172 e. The van der Waals surface area contributed by atoms with E-state index in [1.54, 1.807) is 0 Å². The van der Waals surface area contributed by atoms with Gasteiger partial charge in [-0.15, -0.1) is 0 Å². The standard InChI is InChI=1S/C12H19N3O2/c1-2-15(8-5-9-16)11-7-4-3-6-10(11)12(13)14-17/h3-4,6-7,16-17H,2,5,8-9H2,1H3,(H2,13,14). The van der Waals surface area contributed by atoms with Gasteiger partial charge in [0.2, 0.25) is 0 Å². The summed E-state index contributed by atoms with van der Waals surface area (Å²) in [6.45, 7) is 3.72. The van der Waals surface area contributed by atoms with Gasteiger partial charge in [-0.1, -0.05) is 17.3 Å². The molecule has 0 aromatic heterocycles. The van der Waals surface area contributed by atoms with E-state index in [1.165, 1.54) is 0 Å². The molecule has 1 rings (SSSR count). The molecule has 0 heterocycles. The van der Waals surface area contributed by atoms with Crippen LogP contribution in [-0.2, 0) is 0 Å². The molecule has 0 atom stereocenters. The van der Waals surface area contributed by atoms with Crippen molar-refractivity contribution in [3.05, 3.63) is 29.8 Å². The van der Waals surface area contributed by atoms with Gasteiger partial charge in [-0.25, -0.2) is 0 Å². The first kappa shape index (κ1) is 13.3. The minimum Gasteiger partial charge on any atom is -0.409 e. The van der Waals surface area contributed by atoms with Crippen molar-refractivity contribution in [2.24, 2.45) is 10.9 Å². The van der Waals surface area contributed by atoms with Crippen molar-refractivity contribution in [1.82, 2.24) is 0 Å². The van der Waals surface area contributed by atoms with Crippen LogP contribution in [0.1, 0.15) is 18.9 Å². The van der Waals surface area contributed by atoms with Crippen molar-refractivity contribution in [3.63, 3.8) is 0 Å². The highest BCUT2D eigenvalue weighted by molar-refractivity contribution is 6.02. The number of amidine groups is 1. The van der Waals surface area contributed by atoms with Crippen LogP contribution in [-0.4, -0.2) is 35.8 Å². The molecule has 17 heavy (non-hydrogen) atoms. The lowest BCUT2D eigenvalue weighted by Crippen LogP contribution is -2.28. The molecule has 0 aliphatic rings. The molecule has 4 N–H and O–H groups in total. The van der Waals surface area contributed by atoms with Crippen LogP contribution in [0.25, 0.3) is 0 Å². The van der Waals surface area contributed by atoms with Gasteiger partial charge in [0.05, 0.1) is 0 Å². The second-order valence-corrected chi connectivity index (χ2v) is 3.66. The van der Waals surface area contributed by atoms with E-state index in [0.717, 1.165) is 18.8 Å². The van der Waals surface area contributed by atoms with E-state index in [0.29, 0.717) is 12.0 Å². The Kier molecular flexibility index (Phi) is 5.29. The van der Waals surface area contributed by atoms with Gasteiger partial charge in [0.15, 0.2) is 5.84 Å². The number of nitrogens with zero attached hydrogens (tertiary/aromatic N) is 2. The Bertz CT molecular complexity index is 380. The number of aliphatic hydroxyl groups is 1. The largest absolute Gasteiger partial charge is 0.409 e. The fourth-order valence-corrected chi connectivity index (χ4v) is 1.73. The molecule has 5 heteroatoms. The predicted molar refractivity (Wildman–Crippen MR) is 68.5 cm³/mol. The molecule has 0 spiro atoms. The number of hydrogen-bond donors (Lipinski definition) is 3. The maximum Gasteiger partial charge on any atom is 0.172 e. The van der Waals surface area contributed by atoms with Crippen molar-refractivity contribution in [1.29, 1.82) is 0 Å². The highest BCUT2D eigenvalue weighted by atomic mass is 16.4. The normalized spacial score (nSPS) is 11.5. The molecule has 0 saturated carbocycles. The van der Waals surface area contributed by atoms with Crippen LogP contribution in [0.5, 0.6) is 0 Å². The molecule has 0 aliphatic carbocycles. The molecule has 0 unspecified atom stereocenters. The molecule has 0 aliphatic heterocycles. The third kappa shape index (κ3) is 3.35. The molecule has 0 fully saturated rings. The fraction of sp³-hybridized carbons (Fsp3) is 0.417. The maximum absolute atomic E-state index is 8.87. The summed E-state index contributed by atoms with van der Waals surface area (Å²) >= 11 is 0. The molecule has 0 bridgehead atoms. The monoisotopic (exact) mass is 237 g/mol. The van der Waals surface area contributed by atoms with E-state index in [1.807, 2.05) is 31.2 Å². The lowest BCUT2D eigenvalue weighted by Gasteiger charge is -2.25. The predicted octanol–water partition coefficient (Wildman–Crippen LogP) is 0.990. The second-order valence-electron chi connectivity index (χ2n) is 3.66. The minimum atomic E-state index is 0.100. The zero-order chi connectivity index (χ0) is 12.7. The van der Waals surface area contributed by atoms with Crippen LogP contribution in [0.3, 0.4) is 0 Å². The summed E-state index contributed by atoms with van der Waals surface area (Å²) in [4.78, 5) is 2.09. The van der Waals surface area contributed by atoms with Crippen LogP contribution in [0.4, 0.5) is 5.69 Å². The van der Waals surface area contributed by atoms with E-state index in [2.05, 4.69) is 10.1 Å². The lowest BCUT2D eigenvalue weighted by molar-refractivity contribution is 0.289. The first-order valence-electron chi connectivity index (χ1n) is 5.67. The highest BCUT2D eigenvalue weighted by Gasteiger charge is 2.11. The second kappa shape index (κ2) is 6.75. The topological polar surface area (TPSA) is 82.1 Å². The average molecular weight is 237 g/mol. The van der Waals surface area contributed by atoms with E-state index in [4.69, 9.17) is 16.0 Å². The SMILES string of the molecule is CCN(CCCO)c1ccccc1/C(N)=N/O. The highest BCUT2D eigenvalue weighted by Crippen LogP contribution is 2.20. The summed E-state index contributed by atoms with van der Waals surface area (Å²) in [7, 11) is 0. The Morgan fingerprint density at radius 1 is 1.41 bits per heavy atom. The third-order valence-electron chi connectivity index (χ3n) is 2.60. The number of nitrogens with two attached hydrogens (primary N) is 1. The summed E-state index contributed by atoms with van der Waals surface area (Å²) in [6.07, 6.45) is 0.693. The average Bonchev–Trinajstić information content (AvgIpc) is 2.39. The minimum absolute atomic E-state index is 0.100. The summed E-state index contributed by atoms with van der Waals surface area (Å²) in [5.74, 6) is 0.100. The first-order valence-corrected chi connectivity index (χ1v) is 5.67. The molecule has 5 nitrogen and oxygen atoms in total. The zero-order valence-corrected chi connectivity index (χ0v) is 10.0. The van der Waals surface area contributed by atoms with E-state index < -0.39 is 0 Å². The Labute approximate surface area is 101 Å². The molecule has 0 saturated heterocycles. The Balaban J connectivity index is 3.01. The van der Waals surface area contributed by atoms with E-state index in [-0.39, 0.29) is 12.4 Å². The van der Waals surface area contributed by atoms with Crippen LogP contribution >= 0.6 is 0 Å². The molecular formula is C12H19N3O2. The lowest BCUT2D eigenvalue weighted by atomic mass is 10.1. The van der Waals surface area contributed by atoms with Gasteiger partial charge in [0.25, 0.3) is 0 Å². The molecular weight excluding hydrogens is 218 g/mol. The van der Waals surface area contributed by atoms with Crippen molar-refractivity contribution in [3.8, 4) is 0 Å². The van der Waals surface area contributed by atoms with Crippen molar-refractivity contribution < 1.29 is 10.3 Å². The van der Waals surface area contributed by atoms with Crippen LogP contribution in [0, 0.1) is 0 Å². The van der Waals surface area contributed by atoms with Gasteiger partial charge in [-0.3, -0.25) is 0 Å². The van der Waals surface area contributed by atoms with Crippen LogP contribution in [0.2, 0.25) is 0 Å². The molecule has 0 radical (unpaired) electrons. The van der Waals surface area contributed by atoms with Crippen molar-refractivity contribution >= 4 is 11.5 Å². The Morgan fingerprint density at radius 2 is 2.12 bits per heavy atom. The number of aliphatic hydroxyl groups excluding tert-OH is 1. The number of anilines is 1. The van der Waals surface area contributed by atoms with Crippen LogP contribution < -0.4 is 10.6 Å². The zero-order valence-electron chi connectivity index (χ0n) is 10.0. The molecule has 1 aromatic rings. The van der Waals surface area contributed by atoms with Gasteiger partial charge in [-0.05, 0) is 25.5 Å². The van der Waals surface area contributed by atoms with Crippen molar-refractivity contribution in [2.45, 2.75) is 13.3 Å². The molecule has 94 valence electrons. The van der Waals surface area contributed by atoms with E-state index >= 15 is 0 Å². The number of rotatable bonds is 6. The van der Waals surface area contributed by atoms with E-state index in [9.17, 15) is 0 Å². The fourth-order valence-electron chi connectivity index (χ4n) is 1.73. The summed E-state index contributed by atoms with van der Waals surface area (Å²) in [6, 6.07) is 7.49. The number of oxime groups is 1. The quantitative estimate of drug-likeness (QED) is 0.298. The van der Waals surface area contributed by atoms with Gasteiger partial charge in [-0.2, -0.15) is 0 Å². The van der Waals surface area contributed by atoms with Gasteiger partial charge in [0, 0.05) is 30.9 Å². The number of para-hydroxylation sites is 1. The van der Waals surface area contributed by atoms with Gasteiger partial charge < -0.3 is 20.9 Å². The van der Waals surface area contributed by atoms with Crippen LogP contribution in [0.15, 0.2) is 29.4 Å². The van der Waals surface area contributed by atoms with Crippen molar-refractivity contribution in [2.75, 3.05) is 24.6 Å². The molecule has 1 aromatic carbocycles. The summed E-state index contributed by atoms with van der Waals surface area (Å²) in [5.41, 5.74) is 7.26. The summed E-state index contributed by atoms with van der Waals surface area (Å²) in [5, 5.41) is 20.6.